The molecule has 2 heterocycles. The summed E-state index contributed by atoms with van der Waals surface area (Å²) in [5, 5.41) is 10.3. The van der Waals surface area contributed by atoms with Gasteiger partial charge >= 0.3 is 6.18 Å². The molecule has 0 aliphatic heterocycles. The summed E-state index contributed by atoms with van der Waals surface area (Å²) in [6, 6.07) is 7.31. The fourth-order valence-electron chi connectivity index (χ4n) is 3.23. The van der Waals surface area contributed by atoms with Crippen molar-refractivity contribution in [2.75, 3.05) is 5.32 Å². The molecule has 0 spiro atoms. The van der Waals surface area contributed by atoms with Crippen molar-refractivity contribution in [2.45, 2.75) is 44.9 Å². The van der Waals surface area contributed by atoms with Crippen LogP contribution in [0.3, 0.4) is 0 Å². The molecule has 11 heteroatoms. The first-order valence-corrected chi connectivity index (χ1v) is 9.79. The molecule has 0 bridgehead atoms. The number of halogens is 4. The van der Waals surface area contributed by atoms with Crippen molar-refractivity contribution < 1.29 is 22.4 Å². The van der Waals surface area contributed by atoms with Gasteiger partial charge in [-0.05, 0) is 25.0 Å². The molecular weight excluding hydrogens is 416 g/mol. The van der Waals surface area contributed by atoms with Crippen LogP contribution in [0, 0.1) is 11.7 Å². The van der Waals surface area contributed by atoms with Gasteiger partial charge in [0.05, 0.1) is 19.0 Å². The summed E-state index contributed by atoms with van der Waals surface area (Å²) in [6.07, 6.45) is -1.55. The Morgan fingerprint density at radius 3 is 2.68 bits per heavy atom. The summed E-state index contributed by atoms with van der Waals surface area (Å²) in [7, 11) is 0. The van der Waals surface area contributed by atoms with E-state index in [1.807, 2.05) is 0 Å². The molecule has 1 atom stereocenters. The van der Waals surface area contributed by atoms with E-state index in [2.05, 4.69) is 20.5 Å². The van der Waals surface area contributed by atoms with Crippen LogP contribution in [-0.4, -0.2) is 30.5 Å². The van der Waals surface area contributed by atoms with Gasteiger partial charge in [0, 0.05) is 17.2 Å². The molecule has 0 saturated heterocycles. The zero-order valence-corrected chi connectivity index (χ0v) is 16.6. The highest BCUT2D eigenvalue weighted by molar-refractivity contribution is 5.90. The number of benzene rings is 1. The standard InChI is InChI=1S/C20H20F4N6O/c1-12(9-30-16(13-6-7-13)8-17(27-30)20(22,23)24)18(31)26-19-25-11-29(28-19)10-14-4-2-3-5-15(14)21/h2-5,8,11-13H,6-7,9-10H2,1H3,(H,26,28,31). The maximum absolute atomic E-state index is 13.8. The first-order valence-electron chi connectivity index (χ1n) is 9.79. The largest absolute Gasteiger partial charge is 0.435 e. The summed E-state index contributed by atoms with van der Waals surface area (Å²) in [4.78, 5) is 16.5. The van der Waals surface area contributed by atoms with E-state index in [1.165, 1.54) is 21.8 Å². The number of nitrogens with one attached hydrogen (secondary N) is 1. The van der Waals surface area contributed by atoms with Crippen LogP contribution < -0.4 is 5.32 Å². The third kappa shape index (κ3) is 4.92. The van der Waals surface area contributed by atoms with Gasteiger partial charge < -0.3 is 0 Å². The second kappa shape index (κ2) is 8.12. The molecular formula is C20H20F4N6O. The van der Waals surface area contributed by atoms with Crippen LogP contribution in [0.25, 0.3) is 0 Å². The lowest BCUT2D eigenvalue weighted by atomic mass is 10.1. The molecule has 1 amide bonds. The third-order valence-corrected chi connectivity index (χ3v) is 5.05. The smallest absolute Gasteiger partial charge is 0.293 e. The van der Waals surface area contributed by atoms with E-state index in [4.69, 9.17) is 0 Å². The molecule has 1 unspecified atom stereocenters. The van der Waals surface area contributed by atoms with Crippen LogP contribution in [0.1, 0.15) is 42.6 Å². The summed E-state index contributed by atoms with van der Waals surface area (Å²) >= 11 is 0. The summed E-state index contributed by atoms with van der Waals surface area (Å²) in [6.45, 7) is 1.74. The van der Waals surface area contributed by atoms with Gasteiger partial charge in [-0.3, -0.25) is 14.8 Å². The summed E-state index contributed by atoms with van der Waals surface area (Å²) in [5.41, 5.74) is -0.0276. The van der Waals surface area contributed by atoms with Crippen molar-refractivity contribution in [1.82, 2.24) is 24.5 Å². The Hall–Kier alpha value is -3.24. The first-order chi connectivity index (χ1) is 14.7. The highest BCUT2D eigenvalue weighted by atomic mass is 19.4. The second-order valence-corrected chi connectivity index (χ2v) is 7.66. The SMILES string of the molecule is CC(Cn1nc(C(F)(F)F)cc1C1CC1)C(=O)Nc1ncn(Cc2ccccc2F)n1. The lowest BCUT2D eigenvalue weighted by Gasteiger charge is -2.13. The molecule has 1 saturated carbocycles. The zero-order valence-electron chi connectivity index (χ0n) is 16.6. The van der Waals surface area contributed by atoms with E-state index in [-0.39, 0.29) is 30.8 Å². The Labute approximate surface area is 175 Å². The monoisotopic (exact) mass is 436 g/mol. The van der Waals surface area contributed by atoms with Crippen LogP contribution in [0.5, 0.6) is 0 Å². The van der Waals surface area contributed by atoms with Crippen LogP contribution in [0.4, 0.5) is 23.5 Å². The van der Waals surface area contributed by atoms with Gasteiger partial charge in [-0.15, -0.1) is 5.10 Å². The quantitative estimate of drug-likeness (QED) is 0.571. The zero-order chi connectivity index (χ0) is 22.2. The molecule has 1 aliphatic carbocycles. The molecule has 31 heavy (non-hydrogen) atoms. The third-order valence-electron chi connectivity index (χ3n) is 5.05. The van der Waals surface area contributed by atoms with Crippen molar-refractivity contribution >= 4 is 11.9 Å². The molecule has 1 aliphatic rings. The minimum Gasteiger partial charge on any atom is -0.293 e. The van der Waals surface area contributed by atoms with Crippen LogP contribution in [0.2, 0.25) is 0 Å². The number of amides is 1. The van der Waals surface area contributed by atoms with E-state index >= 15 is 0 Å². The summed E-state index contributed by atoms with van der Waals surface area (Å²) in [5.74, 6) is -1.41. The van der Waals surface area contributed by atoms with Crippen LogP contribution in [-0.2, 0) is 24.1 Å². The molecule has 1 aromatic carbocycles. The average molecular weight is 436 g/mol. The van der Waals surface area contributed by atoms with Gasteiger partial charge in [-0.2, -0.15) is 18.3 Å². The number of anilines is 1. The molecule has 164 valence electrons. The molecule has 3 aromatic rings. The van der Waals surface area contributed by atoms with Crippen LogP contribution >= 0.6 is 0 Å². The molecule has 7 nitrogen and oxygen atoms in total. The van der Waals surface area contributed by atoms with E-state index < -0.39 is 23.7 Å². The maximum Gasteiger partial charge on any atom is 0.435 e. The predicted octanol–water partition coefficient (Wildman–Crippen LogP) is 3.83. The predicted molar refractivity (Wildman–Crippen MR) is 103 cm³/mol. The van der Waals surface area contributed by atoms with Gasteiger partial charge in [0.15, 0.2) is 5.69 Å². The van der Waals surface area contributed by atoms with E-state index in [0.717, 1.165) is 18.9 Å². The number of hydrogen-bond acceptors (Lipinski definition) is 4. The number of carbonyl (C=O) groups is 1. The topological polar surface area (TPSA) is 77.6 Å². The number of rotatable bonds is 7. The number of nitrogens with zero attached hydrogens (tertiary/aromatic N) is 5. The van der Waals surface area contributed by atoms with Gasteiger partial charge in [0.2, 0.25) is 11.9 Å². The molecule has 1 fully saturated rings. The van der Waals surface area contributed by atoms with Crippen molar-refractivity contribution in [3.8, 4) is 0 Å². The van der Waals surface area contributed by atoms with Crippen molar-refractivity contribution in [2.24, 2.45) is 5.92 Å². The van der Waals surface area contributed by atoms with Crippen LogP contribution in [0.15, 0.2) is 36.7 Å². The minimum atomic E-state index is -4.53. The van der Waals surface area contributed by atoms with Crippen molar-refractivity contribution in [3.63, 3.8) is 0 Å². The number of alkyl halides is 3. The Morgan fingerprint density at radius 1 is 1.26 bits per heavy atom. The summed E-state index contributed by atoms with van der Waals surface area (Å²) < 4.78 is 55.5. The fourth-order valence-corrected chi connectivity index (χ4v) is 3.23. The van der Waals surface area contributed by atoms with Gasteiger partial charge in [0.1, 0.15) is 12.1 Å². The molecule has 2 aromatic heterocycles. The van der Waals surface area contributed by atoms with Gasteiger partial charge in [0.25, 0.3) is 0 Å². The van der Waals surface area contributed by atoms with Crippen molar-refractivity contribution in [3.05, 3.63) is 59.4 Å². The number of carbonyl (C=O) groups excluding carboxylic acids is 1. The Bertz CT molecular complexity index is 1090. The second-order valence-electron chi connectivity index (χ2n) is 7.66. The normalized spacial score (nSPS) is 15.1. The average Bonchev–Trinajstić information content (AvgIpc) is 3.31. The Balaban J connectivity index is 1.40. The first kappa shape index (κ1) is 21.0. The number of hydrogen-bond donors (Lipinski definition) is 1. The maximum atomic E-state index is 13.8. The van der Waals surface area contributed by atoms with E-state index in [1.54, 1.807) is 25.1 Å². The fraction of sp³-hybridized carbons (Fsp3) is 0.400. The highest BCUT2D eigenvalue weighted by Gasteiger charge is 2.38. The van der Waals surface area contributed by atoms with Gasteiger partial charge in [-0.1, -0.05) is 25.1 Å². The van der Waals surface area contributed by atoms with Gasteiger partial charge in [-0.25, -0.2) is 14.1 Å². The van der Waals surface area contributed by atoms with E-state index in [9.17, 15) is 22.4 Å². The number of aromatic nitrogens is 5. The molecule has 0 radical (unpaired) electrons. The highest BCUT2D eigenvalue weighted by Crippen LogP contribution is 2.42. The van der Waals surface area contributed by atoms with Crippen molar-refractivity contribution in [1.29, 1.82) is 0 Å². The lowest BCUT2D eigenvalue weighted by Crippen LogP contribution is -2.26. The Kier molecular flexibility index (Phi) is 5.50. The molecule has 4 rings (SSSR count). The molecule has 1 N–H and O–H groups in total. The van der Waals surface area contributed by atoms with E-state index in [0.29, 0.717) is 11.3 Å². The minimum absolute atomic E-state index is 0.00365. The lowest BCUT2D eigenvalue weighted by molar-refractivity contribution is -0.141. The Morgan fingerprint density at radius 2 is 2.00 bits per heavy atom.